The maximum absolute atomic E-state index is 5.96. The zero-order valence-corrected chi connectivity index (χ0v) is 12.3. The molecule has 1 aliphatic heterocycles. The summed E-state index contributed by atoms with van der Waals surface area (Å²) in [6.45, 7) is 9.24. The average molecular weight is 262 g/mol. The van der Waals surface area contributed by atoms with Gasteiger partial charge in [-0.15, -0.1) is 0 Å². The van der Waals surface area contributed by atoms with Gasteiger partial charge in [0.1, 0.15) is 0 Å². The second kappa shape index (κ2) is 6.48. The van der Waals surface area contributed by atoms with Crippen LogP contribution in [0.2, 0.25) is 0 Å². The number of hydrazine groups is 1. The fourth-order valence-corrected chi connectivity index (χ4v) is 2.62. The minimum atomic E-state index is 0.212. The Morgan fingerprint density at radius 2 is 1.89 bits per heavy atom. The molecule has 1 atom stereocenters. The number of hydrogen-bond donors (Lipinski definition) is 2. The molecule has 3 N–H and O–H groups in total. The summed E-state index contributed by atoms with van der Waals surface area (Å²) >= 11 is 0. The zero-order chi connectivity index (χ0) is 13.8. The van der Waals surface area contributed by atoms with E-state index in [0.717, 1.165) is 26.2 Å². The van der Waals surface area contributed by atoms with Crippen LogP contribution in [0.25, 0.3) is 0 Å². The van der Waals surface area contributed by atoms with Gasteiger partial charge in [-0.1, -0.05) is 23.8 Å². The lowest BCUT2D eigenvalue weighted by atomic mass is 9.99. The molecule has 0 saturated carbocycles. The van der Waals surface area contributed by atoms with Crippen molar-refractivity contribution in [1.29, 1.82) is 0 Å². The molecule has 4 nitrogen and oxygen atoms in total. The summed E-state index contributed by atoms with van der Waals surface area (Å²) in [5.74, 6) is 0. The maximum atomic E-state index is 5.96. The van der Waals surface area contributed by atoms with E-state index in [0.29, 0.717) is 6.54 Å². The van der Waals surface area contributed by atoms with Gasteiger partial charge in [-0.2, -0.15) is 0 Å². The molecule has 106 valence electrons. The van der Waals surface area contributed by atoms with Gasteiger partial charge in [0, 0.05) is 32.7 Å². The maximum Gasteiger partial charge on any atom is 0.0589 e. The first-order chi connectivity index (χ1) is 9.10. The predicted octanol–water partition coefficient (Wildman–Crippen LogP) is 1.06. The molecule has 4 heteroatoms. The van der Waals surface area contributed by atoms with Crippen molar-refractivity contribution in [3.63, 3.8) is 0 Å². The van der Waals surface area contributed by atoms with Crippen LogP contribution in [0.4, 0.5) is 0 Å². The first-order valence-corrected chi connectivity index (χ1v) is 7.07. The van der Waals surface area contributed by atoms with Crippen molar-refractivity contribution < 1.29 is 0 Å². The van der Waals surface area contributed by atoms with E-state index in [2.05, 4.69) is 54.4 Å². The predicted molar refractivity (Wildman–Crippen MR) is 79.9 cm³/mol. The van der Waals surface area contributed by atoms with Gasteiger partial charge < -0.3 is 10.6 Å². The molecule has 19 heavy (non-hydrogen) atoms. The number of piperazine rings is 1. The van der Waals surface area contributed by atoms with Crippen molar-refractivity contribution >= 4 is 0 Å². The monoisotopic (exact) mass is 262 g/mol. The van der Waals surface area contributed by atoms with Gasteiger partial charge in [0.05, 0.1) is 6.04 Å². The Bertz CT molecular complexity index is 411. The van der Waals surface area contributed by atoms with E-state index >= 15 is 0 Å². The van der Waals surface area contributed by atoms with E-state index in [1.807, 2.05) is 0 Å². The van der Waals surface area contributed by atoms with E-state index in [-0.39, 0.29) is 6.04 Å². The van der Waals surface area contributed by atoms with Crippen LogP contribution in [0.15, 0.2) is 18.2 Å². The second-order valence-corrected chi connectivity index (χ2v) is 5.57. The quantitative estimate of drug-likeness (QED) is 0.851. The molecule has 0 radical (unpaired) electrons. The Labute approximate surface area is 116 Å². The smallest absolute Gasteiger partial charge is 0.0589 e. The molecule has 1 unspecified atom stereocenters. The molecule has 1 aliphatic rings. The fourth-order valence-electron chi connectivity index (χ4n) is 2.62. The lowest BCUT2D eigenvalue weighted by Crippen LogP contribution is -2.52. The van der Waals surface area contributed by atoms with Gasteiger partial charge in [-0.25, -0.2) is 10.4 Å². The van der Waals surface area contributed by atoms with Crippen LogP contribution in [0.3, 0.4) is 0 Å². The summed E-state index contributed by atoms with van der Waals surface area (Å²) in [5, 5.41) is 2.30. The minimum Gasteiger partial charge on any atom is -0.329 e. The Morgan fingerprint density at radius 1 is 1.21 bits per heavy atom. The number of nitrogens with zero attached hydrogens (tertiary/aromatic N) is 2. The third-order valence-electron chi connectivity index (χ3n) is 3.88. The van der Waals surface area contributed by atoms with Crippen LogP contribution in [0.5, 0.6) is 0 Å². The van der Waals surface area contributed by atoms with E-state index in [9.17, 15) is 0 Å². The third-order valence-corrected chi connectivity index (χ3v) is 3.88. The topological polar surface area (TPSA) is 44.5 Å². The van der Waals surface area contributed by atoms with Crippen molar-refractivity contribution in [1.82, 2.24) is 15.3 Å². The fraction of sp³-hybridized carbons (Fsp3) is 0.600. The van der Waals surface area contributed by atoms with Crippen LogP contribution >= 0.6 is 0 Å². The highest BCUT2D eigenvalue weighted by Gasteiger charge is 2.19. The molecule has 2 rings (SSSR count). The summed E-state index contributed by atoms with van der Waals surface area (Å²) in [6, 6.07) is 6.80. The van der Waals surface area contributed by atoms with Gasteiger partial charge in [0.2, 0.25) is 0 Å². The van der Waals surface area contributed by atoms with Gasteiger partial charge in [-0.05, 0) is 32.0 Å². The van der Waals surface area contributed by atoms with E-state index in [1.165, 1.54) is 16.7 Å². The molecule has 0 spiro atoms. The number of likely N-dealkylation sites (N-methyl/N-ethyl adjacent to an activating group) is 1. The zero-order valence-electron chi connectivity index (χ0n) is 12.3. The summed E-state index contributed by atoms with van der Waals surface area (Å²) in [7, 11) is 2.17. The molecule has 0 amide bonds. The molecule has 0 aromatic heterocycles. The SMILES string of the molecule is Cc1ccc(C(CN)NN2CCN(C)CC2)c(C)c1. The summed E-state index contributed by atoms with van der Waals surface area (Å²) in [4.78, 5) is 2.35. The largest absolute Gasteiger partial charge is 0.329 e. The number of benzene rings is 1. The second-order valence-electron chi connectivity index (χ2n) is 5.57. The molecule has 0 aliphatic carbocycles. The van der Waals surface area contributed by atoms with E-state index in [1.54, 1.807) is 0 Å². The molecule has 1 aromatic rings. The van der Waals surface area contributed by atoms with E-state index in [4.69, 9.17) is 5.73 Å². The Morgan fingerprint density at radius 3 is 2.47 bits per heavy atom. The standard InChI is InChI=1S/C15H26N4/c1-12-4-5-14(13(2)10-12)15(11-16)17-19-8-6-18(3)7-9-19/h4-5,10,15,17H,6-9,11,16H2,1-3H3. The lowest BCUT2D eigenvalue weighted by Gasteiger charge is -2.35. The minimum absolute atomic E-state index is 0.212. The Hall–Kier alpha value is -0.940. The van der Waals surface area contributed by atoms with Crippen LogP contribution in [0.1, 0.15) is 22.7 Å². The van der Waals surface area contributed by atoms with Crippen molar-refractivity contribution in [3.8, 4) is 0 Å². The van der Waals surface area contributed by atoms with Gasteiger partial charge in [0.25, 0.3) is 0 Å². The Kier molecular flexibility index (Phi) is 4.93. The molecular weight excluding hydrogens is 236 g/mol. The highest BCUT2D eigenvalue weighted by molar-refractivity contribution is 5.32. The normalized spacial score (nSPS) is 19.6. The molecule has 1 aromatic carbocycles. The highest BCUT2D eigenvalue weighted by Crippen LogP contribution is 2.19. The van der Waals surface area contributed by atoms with Crippen LogP contribution < -0.4 is 11.2 Å². The lowest BCUT2D eigenvalue weighted by molar-refractivity contribution is 0.0879. The molecule has 0 bridgehead atoms. The third kappa shape index (κ3) is 3.76. The summed E-state index contributed by atoms with van der Waals surface area (Å²) in [5.41, 5.74) is 13.5. The molecular formula is C15H26N4. The van der Waals surface area contributed by atoms with Crippen molar-refractivity contribution in [3.05, 3.63) is 34.9 Å². The molecule has 1 fully saturated rings. The molecule has 1 saturated heterocycles. The van der Waals surface area contributed by atoms with Crippen molar-refractivity contribution in [2.45, 2.75) is 19.9 Å². The first-order valence-electron chi connectivity index (χ1n) is 7.07. The van der Waals surface area contributed by atoms with Gasteiger partial charge in [0.15, 0.2) is 0 Å². The van der Waals surface area contributed by atoms with Gasteiger partial charge in [-0.3, -0.25) is 0 Å². The summed E-state index contributed by atoms with van der Waals surface area (Å²) in [6.07, 6.45) is 0. The highest BCUT2D eigenvalue weighted by atomic mass is 15.5. The van der Waals surface area contributed by atoms with Crippen LogP contribution in [-0.2, 0) is 0 Å². The number of rotatable bonds is 4. The van der Waals surface area contributed by atoms with E-state index < -0.39 is 0 Å². The number of nitrogens with two attached hydrogens (primary N) is 1. The van der Waals surface area contributed by atoms with Gasteiger partial charge >= 0.3 is 0 Å². The first kappa shape index (κ1) is 14.5. The van der Waals surface area contributed by atoms with Crippen molar-refractivity contribution in [2.75, 3.05) is 39.8 Å². The molecule has 1 heterocycles. The Balaban J connectivity index is 2.03. The van der Waals surface area contributed by atoms with Crippen LogP contribution in [0, 0.1) is 13.8 Å². The van der Waals surface area contributed by atoms with Crippen LogP contribution in [-0.4, -0.2) is 49.7 Å². The number of nitrogens with one attached hydrogen (secondary N) is 1. The number of aryl methyl sites for hydroxylation is 2. The average Bonchev–Trinajstić information content (AvgIpc) is 2.39. The number of hydrogen-bond acceptors (Lipinski definition) is 4. The summed E-state index contributed by atoms with van der Waals surface area (Å²) < 4.78 is 0. The van der Waals surface area contributed by atoms with Crippen molar-refractivity contribution in [2.24, 2.45) is 5.73 Å².